The average molecular weight is 447 g/mol. The third-order valence-electron chi connectivity index (χ3n) is 5.22. The molecule has 4 rings (SSSR count). The number of ether oxygens (including phenoxy) is 3. The van der Waals surface area contributed by atoms with Crippen LogP contribution in [0.2, 0.25) is 0 Å². The first-order chi connectivity index (χ1) is 16.0. The van der Waals surface area contributed by atoms with E-state index in [4.69, 9.17) is 14.2 Å². The number of hydrogen-bond acceptors (Lipinski definition) is 5. The number of anilines is 2. The Labute approximate surface area is 192 Å². The molecule has 3 aromatic rings. The van der Waals surface area contributed by atoms with E-state index in [9.17, 15) is 9.59 Å². The monoisotopic (exact) mass is 446 g/mol. The van der Waals surface area contributed by atoms with Crippen LogP contribution in [0.4, 0.5) is 11.4 Å². The normalized spacial score (nSPS) is 12.5. The van der Waals surface area contributed by atoms with E-state index in [1.807, 2.05) is 62.4 Å². The molecule has 1 heterocycles. The summed E-state index contributed by atoms with van der Waals surface area (Å²) < 4.78 is 17.0. The summed E-state index contributed by atoms with van der Waals surface area (Å²) in [7, 11) is 0. The molecule has 7 heteroatoms. The molecule has 7 nitrogen and oxygen atoms in total. The highest BCUT2D eigenvalue weighted by Gasteiger charge is 2.25. The van der Waals surface area contributed by atoms with Crippen molar-refractivity contribution in [3.63, 3.8) is 0 Å². The van der Waals surface area contributed by atoms with Crippen molar-refractivity contribution >= 4 is 23.2 Å². The number of nitrogens with one attached hydrogen (secondary N) is 1. The topological polar surface area (TPSA) is 77.1 Å². The lowest BCUT2D eigenvalue weighted by Crippen LogP contribution is -2.41. The number of para-hydroxylation sites is 1. The van der Waals surface area contributed by atoms with Crippen molar-refractivity contribution in [2.75, 3.05) is 36.6 Å². The zero-order chi connectivity index (χ0) is 23.2. The molecule has 0 aromatic heterocycles. The zero-order valence-corrected chi connectivity index (χ0v) is 18.7. The smallest absolute Gasteiger partial charge is 0.265 e. The Morgan fingerprint density at radius 3 is 2.67 bits per heavy atom. The molecule has 0 fully saturated rings. The van der Waals surface area contributed by atoms with Crippen molar-refractivity contribution < 1.29 is 23.8 Å². The average Bonchev–Trinajstić information content (AvgIpc) is 2.82. The first-order valence-corrected chi connectivity index (χ1v) is 10.7. The van der Waals surface area contributed by atoms with Gasteiger partial charge in [-0.05, 0) is 55.3 Å². The third-order valence-corrected chi connectivity index (χ3v) is 5.22. The van der Waals surface area contributed by atoms with Gasteiger partial charge in [0.2, 0.25) is 0 Å². The summed E-state index contributed by atoms with van der Waals surface area (Å²) in [6.07, 6.45) is 0. The van der Waals surface area contributed by atoms with E-state index in [0.717, 1.165) is 16.9 Å². The van der Waals surface area contributed by atoms with Crippen LogP contribution in [0, 0.1) is 13.8 Å². The molecule has 0 atom stereocenters. The van der Waals surface area contributed by atoms with E-state index in [-0.39, 0.29) is 25.0 Å². The Morgan fingerprint density at radius 1 is 1.03 bits per heavy atom. The van der Waals surface area contributed by atoms with Gasteiger partial charge in [0.1, 0.15) is 23.9 Å². The second kappa shape index (κ2) is 10.1. The quantitative estimate of drug-likeness (QED) is 0.563. The number of benzene rings is 3. The number of nitrogens with zero attached hydrogens (tertiary/aromatic N) is 1. The summed E-state index contributed by atoms with van der Waals surface area (Å²) >= 11 is 0. The number of aryl methyl sites for hydroxylation is 2. The van der Waals surface area contributed by atoms with Crippen molar-refractivity contribution in [3.8, 4) is 17.2 Å². The van der Waals surface area contributed by atoms with Crippen LogP contribution in [0.1, 0.15) is 11.1 Å². The summed E-state index contributed by atoms with van der Waals surface area (Å²) in [4.78, 5) is 26.4. The minimum Gasteiger partial charge on any atom is -0.492 e. The van der Waals surface area contributed by atoms with Gasteiger partial charge in [0.15, 0.2) is 13.2 Å². The molecule has 1 aliphatic heterocycles. The molecule has 0 spiro atoms. The molecule has 1 N–H and O–H groups in total. The standard InChI is InChI=1S/C26H26N2O5/c1-18-8-9-19(2)23(14-18)32-16-25(29)27-20-10-11-22-24(15-20)33-17-26(30)28(22)12-13-31-21-6-4-3-5-7-21/h3-11,14-15H,12-13,16-17H2,1-2H3,(H,27,29). The van der Waals surface area contributed by atoms with Crippen LogP contribution in [-0.2, 0) is 9.59 Å². The van der Waals surface area contributed by atoms with E-state index in [0.29, 0.717) is 36.0 Å². The minimum atomic E-state index is -0.282. The lowest BCUT2D eigenvalue weighted by Gasteiger charge is -2.29. The van der Waals surface area contributed by atoms with Crippen LogP contribution in [-0.4, -0.2) is 38.2 Å². The predicted octanol–water partition coefficient (Wildman–Crippen LogP) is 4.13. The number of fused-ring (bicyclic) bond motifs is 1. The molecular weight excluding hydrogens is 420 g/mol. The van der Waals surface area contributed by atoms with Crippen LogP contribution in [0.3, 0.4) is 0 Å². The van der Waals surface area contributed by atoms with Crippen LogP contribution < -0.4 is 24.4 Å². The van der Waals surface area contributed by atoms with E-state index < -0.39 is 0 Å². The van der Waals surface area contributed by atoms with Gasteiger partial charge >= 0.3 is 0 Å². The first-order valence-electron chi connectivity index (χ1n) is 10.7. The van der Waals surface area contributed by atoms with Crippen molar-refractivity contribution in [1.29, 1.82) is 0 Å². The van der Waals surface area contributed by atoms with E-state index >= 15 is 0 Å². The molecule has 0 bridgehead atoms. The van der Waals surface area contributed by atoms with Gasteiger partial charge in [-0.15, -0.1) is 0 Å². The number of amides is 2. The molecule has 0 saturated carbocycles. The summed E-state index contributed by atoms with van der Waals surface area (Å²) in [5.74, 6) is 1.54. The molecule has 0 radical (unpaired) electrons. The van der Waals surface area contributed by atoms with Gasteiger partial charge in [-0.1, -0.05) is 30.3 Å². The second-order valence-electron chi connectivity index (χ2n) is 7.78. The Balaban J connectivity index is 1.36. The SMILES string of the molecule is Cc1ccc(C)c(OCC(=O)Nc2ccc3c(c2)OCC(=O)N3CCOc2ccccc2)c1. The van der Waals surface area contributed by atoms with Crippen molar-refractivity contribution in [1.82, 2.24) is 0 Å². The molecular formula is C26H26N2O5. The van der Waals surface area contributed by atoms with Gasteiger partial charge < -0.3 is 24.4 Å². The number of carbonyl (C=O) groups is 2. The highest BCUT2D eigenvalue weighted by atomic mass is 16.5. The molecule has 3 aromatic carbocycles. The van der Waals surface area contributed by atoms with Crippen LogP contribution in [0.15, 0.2) is 66.7 Å². The maximum atomic E-state index is 12.4. The van der Waals surface area contributed by atoms with Gasteiger partial charge in [0.25, 0.3) is 11.8 Å². The van der Waals surface area contributed by atoms with Crippen molar-refractivity contribution in [3.05, 3.63) is 77.9 Å². The van der Waals surface area contributed by atoms with Gasteiger partial charge in [-0.3, -0.25) is 9.59 Å². The predicted molar refractivity (Wildman–Crippen MR) is 126 cm³/mol. The summed E-state index contributed by atoms with van der Waals surface area (Å²) in [5, 5.41) is 2.82. The zero-order valence-electron chi connectivity index (χ0n) is 18.7. The fourth-order valence-electron chi connectivity index (χ4n) is 3.50. The van der Waals surface area contributed by atoms with E-state index in [1.54, 1.807) is 23.1 Å². The maximum absolute atomic E-state index is 12.4. The van der Waals surface area contributed by atoms with Crippen LogP contribution in [0.25, 0.3) is 0 Å². The molecule has 0 aliphatic carbocycles. The van der Waals surface area contributed by atoms with Crippen molar-refractivity contribution in [2.45, 2.75) is 13.8 Å². The first kappa shape index (κ1) is 22.2. The minimum absolute atomic E-state index is 0.0640. The lowest BCUT2D eigenvalue weighted by atomic mass is 10.1. The second-order valence-corrected chi connectivity index (χ2v) is 7.78. The number of carbonyl (C=O) groups excluding carboxylic acids is 2. The maximum Gasteiger partial charge on any atom is 0.265 e. The third kappa shape index (κ3) is 5.63. The number of rotatable bonds is 8. The molecule has 2 amide bonds. The van der Waals surface area contributed by atoms with Crippen LogP contribution >= 0.6 is 0 Å². The Hall–Kier alpha value is -4.00. The Bertz CT molecular complexity index is 1150. The highest BCUT2D eigenvalue weighted by molar-refractivity contribution is 5.99. The van der Waals surface area contributed by atoms with Gasteiger partial charge in [0, 0.05) is 11.8 Å². The molecule has 0 unspecified atom stereocenters. The van der Waals surface area contributed by atoms with E-state index in [1.165, 1.54) is 0 Å². The van der Waals surface area contributed by atoms with E-state index in [2.05, 4.69) is 5.32 Å². The summed E-state index contributed by atoms with van der Waals surface area (Å²) in [5.41, 5.74) is 3.25. The molecule has 33 heavy (non-hydrogen) atoms. The summed E-state index contributed by atoms with van der Waals surface area (Å²) in [6.45, 7) is 4.48. The largest absolute Gasteiger partial charge is 0.492 e. The Morgan fingerprint density at radius 2 is 1.85 bits per heavy atom. The Kier molecular flexibility index (Phi) is 6.78. The molecule has 0 saturated heterocycles. The van der Waals surface area contributed by atoms with Gasteiger partial charge in [-0.25, -0.2) is 0 Å². The number of hydrogen-bond donors (Lipinski definition) is 1. The molecule has 170 valence electrons. The molecule has 1 aliphatic rings. The van der Waals surface area contributed by atoms with Gasteiger partial charge in [0.05, 0.1) is 12.2 Å². The fraction of sp³-hybridized carbons (Fsp3) is 0.231. The highest BCUT2D eigenvalue weighted by Crippen LogP contribution is 2.34. The van der Waals surface area contributed by atoms with Crippen molar-refractivity contribution in [2.24, 2.45) is 0 Å². The fourth-order valence-corrected chi connectivity index (χ4v) is 3.50. The van der Waals surface area contributed by atoms with Crippen LogP contribution in [0.5, 0.6) is 17.2 Å². The summed E-state index contributed by atoms with van der Waals surface area (Å²) in [6, 6.07) is 20.5. The lowest BCUT2D eigenvalue weighted by molar-refractivity contribution is -0.121. The van der Waals surface area contributed by atoms with Gasteiger partial charge in [-0.2, -0.15) is 0 Å².